The van der Waals surface area contributed by atoms with Gasteiger partial charge in [-0.1, -0.05) is 25.1 Å². The summed E-state index contributed by atoms with van der Waals surface area (Å²) in [4.78, 5) is 7.09. The minimum absolute atomic E-state index is 0.101. The van der Waals surface area contributed by atoms with Gasteiger partial charge in [-0.2, -0.15) is 0 Å². The third-order valence-electron chi connectivity index (χ3n) is 6.84. The maximum atomic E-state index is 5.83. The molecule has 1 spiro atoms. The highest BCUT2D eigenvalue weighted by atomic mass is 16.5. The lowest BCUT2D eigenvalue weighted by Gasteiger charge is -2.45. The topological polar surface area (TPSA) is 46.1 Å². The molecule has 0 radical (unpaired) electrons. The molecule has 5 nitrogen and oxygen atoms in total. The van der Waals surface area contributed by atoms with Gasteiger partial charge in [-0.3, -0.25) is 4.99 Å². The predicted octanol–water partition coefficient (Wildman–Crippen LogP) is 3.19. The Hall–Kier alpha value is -1.75. The maximum absolute atomic E-state index is 5.83. The number of nitrogens with zero attached hydrogens (tertiary/aromatic N) is 2. The first kappa shape index (κ1) is 18.6. The van der Waals surface area contributed by atoms with Crippen molar-refractivity contribution in [3.05, 3.63) is 29.8 Å². The van der Waals surface area contributed by atoms with Gasteiger partial charge in [0.2, 0.25) is 0 Å². The Bertz CT molecular complexity index is 693. The monoisotopic (exact) mass is 371 g/mol. The second-order valence-corrected chi connectivity index (χ2v) is 8.75. The Morgan fingerprint density at radius 2 is 2.11 bits per heavy atom. The summed E-state index contributed by atoms with van der Waals surface area (Å²) in [6.45, 7) is 6.30. The SMILES string of the molecule is CN=C(NC1CC1(C)c1ccccc1OC)N1CCCC2(CCCOC2)C1. The zero-order valence-corrected chi connectivity index (χ0v) is 17.0. The summed E-state index contributed by atoms with van der Waals surface area (Å²) >= 11 is 0. The van der Waals surface area contributed by atoms with Crippen molar-refractivity contribution in [2.75, 3.05) is 40.5 Å². The van der Waals surface area contributed by atoms with E-state index in [1.54, 1.807) is 7.11 Å². The van der Waals surface area contributed by atoms with E-state index in [4.69, 9.17) is 9.47 Å². The minimum atomic E-state index is 0.101. The van der Waals surface area contributed by atoms with Gasteiger partial charge in [0.25, 0.3) is 0 Å². The number of rotatable bonds is 3. The second kappa shape index (κ2) is 7.34. The fourth-order valence-electron chi connectivity index (χ4n) is 5.06. The molecule has 2 saturated heterocycles. The number of para-hydroxylation sites is 1. The molecule has 3 atom stereocenters. The van der Waals surface area contributed by atoms with Gasteiger partial charge in [-0.05, 0) is 38.2 Å². The molecule has 3 aliphatic rings. The molecular weight excluding hydrogens is 338 g/mol. The second-order valence-electron chi connectivity index (χ2n) is 8.75. The van der Waals surface area contributed by atoms with Crippen LogP contribution in [0.5, 0.6) is 5.75 Å². The molecule has 5 heteroatoms. The van der Waals surface area contributed by atoms with Gasteiger partial charge in [-0.25, -0.2) is 0 Å². The number of ether oxygens (including phenoxy) is 2. The lowest BCUT2D eigenvalue weighted by atomic mass is 9.76. The summed E-state index contributed by atoms with van der Waals surface area (Å²) in [7, 11) is 3.66. The van der Waals surface area contributed by atoms with Gasteiger partial charge in [0.15, 0.2) is 5.96 Å². The van der Waals surface area contributed by atoms with Crippen molar-refractivity contribution >= 4 is 5.96 Å². The van der Waals surface area contributed by atoms with E-state index in [9.17, 15) is 0 Å². The highest BCUT2D eigenvalue weighted by Gasteiger charge is 2.53. The fourth-order valence-corrected chi connectivity index (χ4v) is 5.06. The molecule has 148 valence electrons. The lowest BCUT2D eigenvalue weighted by Crippen LogP contribution is -2.53. The quantitative estimate of drug-likeness (QED) is 0.655. The van der Waals surface area contributed by atoms with Gasteiger partial charge in [0, 0.05) is 49.2 Å². The number of nitrogens with one attached hydrogen (secondary N) is 1. The van der Waals surface area contributed by atoms with E-state index in [2.05, 4.69) is 40.3 Å². The number of likely N-dealkylation sites (tertiary alicyclic amines) is 1. The van der Waals surface area contributed by atoms with Crippen molar-refractivity contribution in [2.45, 2.75) is 50.5 Å². The zero-order valence-electron chi connectivity index (χ0n) is 17.0. The summed E-state index contributed by atoms with van der Waals surface area (Å²) in [6.07, 6.45) is 6.08. The number of benzene rings is 1. The van der Waals surface area contributed by atoms with Crippen LogP contribution in [0, 0.1) is 5.41 Å². The third kappa shape index (κ3) is 3.54. The van der Waals surface area contributed by atoms with Gasteiger partial charge >= 0.3 is 0 Å². The predicted molar refractivity (Wildman–Crippen MR) is 109 cm³/mol. The van der Waals surface area contributed by atoms with E-state index >= 15 is 0 Å². The first-order chi connectivity index (χ1) is 13.1. The molecule has 0 bridgehead atoms. The van der Waals surface area contributed by atoms with Crippen molar-refractivity contribution in [2.24, 2.45) is 10.4 Å². The van der Waals surface area contributed by atoms with Gasteiger partial charge in [0.05, 0.1) is 13.7 Å². The van der Waals surface area contributed by atoms with E-state index < -0.39 is 0 Å². The summed E-state index contributed by atoms with van der Waals surface area (Å²) < 4.78 is 11.4. The van der Waals surface area contributed by atoms with E-state index in [1.807, 2.05) is 13.1 Å². The van der Waals surface area contributed by atoms with Crippen LogP contribution in [0.25, 0.3) is 0 Å². The van der Waals surface area contributed by atoms with Crippen LogP contribution in [-0.4, -0.2) is 57.4 Å². The van der Waals surface area contributed by atoms with Crippen molar-refractivity contribution in [3.63, 3.8) is 0 Å². The lowest BCUT2D eigenvalue weighted by molar-refractivity contribution is -0.0370. The standard InChI is InChI=1S/C22H33N3O2/c1-21(17-8-4-5-9-18(17)26-3)14-19(21)24-20(23-2)25-12-6-10-22(15-25)11-7-13-27-16-22/h4-5,8-9,19H,6-7,10-16H2,1-3H3,(H,23,24). The molecule has 27 heavy (non-hydrogen) atoms. The third-order valence-corrected chi connectivity index (χ3v) is 6.84. The van der Waals surface area contributed by atoms with Crippen LogP contribution < -0.4 is 10.1 Å². The van der Waals surface area contributed by atoms with Gasteiger partial charge in [0.1, 0.15) is 5.75 Å². The number of aliphatic imine (C=N–C) groups is 1. The molecule has 4 rings (SSSR count). The molecule has 3 fully saturated rings. The minimum Gasteiger partial charge on any atom is -0.496 e. The normalized spacial score (nSPS) is 33.8. The molecule has 1 N–H and O–H groups in total. The van der Waals surface area contributed by atoms with Crippen LogP contribution in [0.2, 0.25) is 0 Å². The van der Waals surface area contributed by atoms with Crippen molar-refractivity contribution < 1.29 is 9.47 Å². The summed E-state index contributed by atoms with van der Waals surface area (Å²) in [5.41, 5.74) is 1.71. The molecule has 1 saturated carbocycles. The van der Waals surface area contributed by atoms with E-state index in [0.29, 0.717) is 11.5 Å². The molecule has 1 aliphatic carbocycles. The van der Waals surface area contributed by atoms with Crippen LogP contribution in [0.15, 0.2) is 29.3 Å². The number of hydrogen-bond acceptors (Lipinski definition) is 3. The summed E-state index contributed by atoms with van der Waals surface area (Å²) in [5, 5.41) is 3.75. The highest BCUT2D eigenvalue weighted by Crippen LogP contribution is 2.51. The molecule has 1 aromatic rings. The van der Waals surface area contributed by atoms with Crippen LogP contribution in [0.1, 0.15) is 44.6 Å². The van der Waals surface area contributed by atoms with Crippen molar-refractivity contribution in [1.29, 1.82) is 0 Å². The number of guanidine groups is 1. The highest BCUT2D eigenvalue weighted by molar-refractivity contribution is 5.81. The number of hydrogen-bond donors (Lipinski definition) is 1. The summed E-state index contributed by atoms with van der Waals surface area (Å²) in [5.74, 6) is 2.03. The first-order valence-corrected chi connectivity index (χ1v) is 10.3. The van der Waals surface area contributed by atoms with Crippen LogP contribution in [0.4, 0.5) is 0 Å². The summed E-state index contributed by atoms with van der Waals surface area (Å²) in [6, 6.07) is 8.79. The van der Waals surface area contributed by atoms with Crippen molar-refractivity contribution in [3.8, 4) is 5.75 Å². The average molecular weight is 372 g/mol. The molecule has 1 aromatic carbocycles. The Morgan fingerprint density at radius 1 is 1.30 bits per heavy atom. The molecule has 0 aromatic heterocycles. The van der Waals surface area contributed by atoms with Gasteiger partial charge < -0.3 is 19.7 Å². The first-order valence-electron chi connectivity index (χ1n) is 10.3. The molecule has 2 aliphatic heterocycles. The Balaban J connectivity index is 1.44. The maximum Gasteiger partial charge on any atom is 0.193 e. The largest absolute Gasteiger partial charge is 0.496 e. The number of methoxy groups -OCH3 is 1. The Labute approximate surface area is 163 Å². The number of piperidine rings is 1. The van der Waals surface area contributed by atoms with Gasteiger partial charge in [-0.15, -0.1) is 0 Å². The van der Waals surface area contributed by atoms with E-state index in [0.717, 1.165) is 44.4 Å². The molecule has 2 heterocycles. The smallest absolute Gasteiger partial charge is 0.193 e. The van der Waals surface area contributed by atoms with Crippen LogP contribution >= 0.6 is 0 Å². The van der Waals surface area contributed by atoms with Crippen molar-refractivity contribution in [1.82, 2.24) is 10.2 Å². The molecule has 0 amide bonds. The van der Waals surface area contributed by atoms with E-state index in [1.165, 1.54) is 31.2 Å². The van der Waals surface area contributed by atoms with Crippen LogP contribution in [0.3, 0.4) is 0 Å². The molecular formula is C22H33N3O2. The Morgan fingerprint density at radius 3 is 2.85 bits per heavy atom. The average Bonchev–Trinajstić information content (AvgIpc) is 3.37. The van der Waals surface area contributed by atoms with Crippen LogP contribution in [-0.2, 0) is 10.2 Å². The zero-order chi connectivity index (χ0) is 18.9. The fraction of sp³-hybridized carbons (Fsp3) is 0.682. The van der Waals surface area contributed by atoms with E-state index in [-0.39, 0.29) is 5.41 Å². The Kier molecular flexibility index (Phi) is 5.06. The molecule has 3 unspecified atom stereocenters.